The summed E-state index contributed by atoms with van der Waals surface area (Å²) in [5.74, 6) is -0.952. The topological polar surface area (TPSA) is 57.5 Å². The molecular formula is C18H22O3S. The maximum atomic E-state index is 11.8. The number of carbonyl (C=O) groups is 1. The Morgan fingerprint density at radius 3 is 2.68 bits per heavy atom. The molecule has 0 heterocycles. The molecule has 0 unspecified atom stereocenters. The van der Waals surface area contributed by atoms with E-state index < -0.39 is 5.97 Å². The largest absolute Gasteiger partial charge is 0.478 e. The third-order valence-electron chi connectivity index (χ3n) is 4.12. The van der Waals surface area contributed by atoms with Gasteiger partial charge in [0.2, 0.25) is 0 Å². The monoisotopic (exact) mass is 318 g/mol. The molecule has 1 aromatic rings. The Bertz CT molecular complexity index is 641. The van der Waals surface area contributed by atoms with E-state index in [2.05, 4.69) is 26.5 Å². The minimum Gasteiger partial charge on any atom is -0.478 e. The standard InChI is InChI=1S/C18H22O3S/c1-18(2)8-7-16(22)15(10-18)14(17(20)21)9-12-5-3-4-6-13(12)11-19/h3-6,9,19,22H,7-8,10-11H2,1-2H3,(H,20,21)/b14-9-. The lowest BCUT2D eigenvalue weighted by Gasteiger charge is -2.32. The second-order valence-corrected chi connectivity index (χ2v) is 7.03. The molecule has 22 heavy (non-hydrogen) atoms. The molecule has 0 radical (unpaired) electrons. The predicted octanol–water partition coefficient (Wildman–Crippen LogP) is 4.04. The Balaban J connectivity index is 2.51. The highest BCUT2D eigenvalue weighted by Gasteiger charge is 2.29. The normalized spacial score (nSPS) is 18.5. The van der Waals surface area contributed by atoms with Gasteiger partial charge in [0.15, 0.2) is 0 Å². The van der Waals surface area contributed by atoms with Crippen molar-refractivity contribution in [2.24, 2.45) is 5.41 Å². The lowest BCUT2D eigenvalue weighted by Crippen LogP contribution is -2.20. The molecule has 4 heteroatoms. The average molecular weight is 318 g/mol. The molecule has 3 nitrogen and oxygen atoms in total. The highest BCUT2D eigenvalue weighted by Crippen LogP contribution is 2.43. The van der Waals surface area contributed by atoms with E-state index in [4.69, 9.17) is 0 Å². The van der Waals surface area contributed by atoms with Crippen molar-refractivity contribution in [3.8, 4) is 0 Å². The third-order valence-corrected chi connectivity index (χ3v) is 4.62. The molecule has 2 rings (SSSR count). The van der Waals surface area contributed by atoms with Gasteiger partial charge in [0.05, 0.1) is 12.2 Å². The molecule has 0 saturated heterocycles. The number of aliphatic carboxylic acids is 1. The Labute approximate surface area is 136 Å². The quantitative estimate of drug-likeness (QED) is 0.580. The molecule has 1 aliphatic rings. The molecule has 0 saturated carbocycles. The molecule has 0 amide bonds. The van der Waals surface area contributed by atoms with Gasteiger partial charge in [0, 0.05) is 0 Å². The first-order valence-corrected chi connectivity index (χ1v) is 7.84. The van der Waals surface area contributed by atoms with Gasteiger partial charge in [-0.05, 0) is 52.4 Å². The van der Waals surface area contributed by atoms with E-state index in [0.717, 1.165) is 34.4 Å². The van der Waals surface area contributed by atoms with E-state index in [9.17, 15) is 15.0 Å². The number of rotatable bonds is 4. The van der Waals surface area contributed by atoms with Crippen molar-refractivity contribution >= 4 is 24.7 Å². The van der Waals surface area contributed by atoms with Crippen LogP contribution in [0.15, 0.2) is 40.3 Å². The second kappa shape index (κ2) is 6.71. The van der Waals surface area contributed by atoms with Crippen molar-refractivity contribution in [3.63, 3.8) is 0 Å². The van der Waals surface area contributed by atoms with E-state index in [1.54, 1.807) is 12.1 Å². The smallest absolute Gasteiger partial charge is 0.336 e. The maximum Gasteiger partial charge on any atom is 0.336 e. The number of allylic oxidation sites excluding steroid dienone is 1. The van der Waals surface area contributed by atoms with Crippen LogP contribution in [0.3, 0.4) is 0 Å². The van der Waals surface area contributed by atoms with Gasteiger partial charge in [0.1, 0.15) is 0 Å². The van der Waals surface area contributed by atoms with Crippen LogP contribution in [0.25, 0.3) is 6.08 Å². The van der Waals surface area contributed by atoms with Crippen molar-refractivity contribution < 1.29 is 15.0 Å². The Kier molecular flexibility index (Phi) is 5.14. The van der Waals surface area contributed by atoms with E-state index >= 15 is 0 Å². The van der Waals surface area contributed by atoms with Crippen LogP contribution in [0.5, 0.6) is 0 Å². The molecule has 2 N–H and O–H groups in total. The molecule has 0 aromatic heterocycles. The zero-order chi connectivity index (χ0) is 16.3. The Morgan fingerprint density at radius 2 is 2.05 bits per heavy atom. The minimum atomic E-state index is -0.952. The molecule has 1 aliphatic carbocycles. The summed E-state index contributed by atoms with van der Waals surface area (Å²) >= 11 is 4.51. The van der Waals surface area contributed by atoms with Gasteiger partial charge in [0.25, 0.3) is 0 Å². The van der Waals surface area contributed by atoms with Gasteiger partial charge in [-0.25, -0.2) is 4.79 Å². The maximum absolute atomic E-state index is 11.8. The summed E-state index contributed by atoms with van der Waals surface area (Å²) in [6, 6.07) is 7.29. The van der Waals surface area contributed by atoms with E-state index in [1.165, 1.54) is 0 Å². The van der Waals surface area contributed by atoms with Crippen LogP contribution >= 0.6 is 12.6 Å². The number of hydrogen-bond acceptors (Lipinski definition) is 3. The van der Waals surface area contributed by atoms with E-state index in [0.29, 0.717) is 6.42 Å². The van der Waals surface area contributed by atoms with Crippen LogP contribution in [-0.4, -0.2) is 16.2 Å². The summed E-state index contributed by atoms with van der Waals surface area (Å²) in [5, 5.41) is 19.1. The summed E-state index contributed by atoms with van der Waals surface area (Å²) in [6.45, 7) is 4.18. The van der Waals surface area contributed by atoms with Gasteiger partial charge in [-0.2, -0.15) is 0 Å². The zero-order valence-electron chi connectivity index (χ0n) is 13.0. The molecule has 0 bridgehead atoms. The molecule has 0 fully saturated rings. The van der Waals surface area contributed by atoms with Crippen LogP contribution in [0, 0.1) is 5.41 Å². The van der Waals surface area contributed by atoms with Crippen LogP contribution in [0.1, 0.15) is 44.2 Å². The number of carboxylic acid groups (broad SMARTS) is 1. The lowest BCUT2D eigenvalue weighted by atomic mass is 9.75. The number of hydrogen-bond donors (Lipinski definition) is 3. The summed E-state index contributed by atoms with van der Waals surface area (Å²) in [5.41, 5.74) is 2.61. The fraction of sp³-hybridized carbons (Fsp3) is 0.389. The molecule has 0 atom stereocenters. The number of aliphatic hydroxyl groups excluding tert-OH is 1. The molecule has 1 aromatic carbocycles. The van der Waals surface area contributed by atoms with Gasteiger partial charge >= 0.3 is 5.97 Å². The van der Waals surface area contributed by atoms with Crippen molar-refractivity contribution in [1.82, 2.24) is 0 Å². The van der Waals surface area contributed by atoms with Crippen LogP contribution in [0.4, 0.5) is 0 Å². The minimum absolute atomic E-state index is 0.0760. The van der Waals surface area contributed by atoms with E-state index in [1.807, 2.05) is 18.2 Å². The van der Waals surface area contributed by atoms with Crippen LogP contribution in [0.2, 0.25) is 0 Å². The van der Waals surface area contributed by atoms with Crippen LogP contribution < -0.4 is 0 Å². The molecular weight excluding hydrogens is 296 g/mol. The first-order chi connectivity index (χ1) is 10.3. The van der Waals surface area contributed by atoms with Crippen molar-refractivity contribution in [2.75, 3.05) is 0 Å². The summed E-state index contributed by atoms with van der Waals surface area (Å²) in [4.78, 5) is 12.6. The first kappa shape index (κ1) is 16.8. The fourth-order valence-electron chi connectivity index (χ4n) is 2.78. The Hall–Kier alpha value is -1.52. The van der Waals surface area contributed by atoms with Gasteiger partial charge in [-0.1, -0.05) is 38.1 Å². The summed E-state index contributed by atoms with van der Waals surface area (Å²) in [7, 11) is 0. The summed E-state index contributed by atoms with van der Waals surface area (Å²) in [6.07, 6.45) is 4.17. The number of benzene rings is 1. The predicted molar refractivity (Wildman–Crippen MR) is 91.6 cm³/mol. The zero-order valence-corrected chi connectivity index (χ0v) is 13.9. The van der Waals surface area contributed by atoms with Crippen molar-refractivity contribution in [1.29, 1.82) is 0 Å². The molecule has 118 valence electrons. The van der Waals surface area contributed by atoms with E-state index in [-0.39, 0.29) is 17.6 Å². The fourth-order valence-corrected chi connectivity index (χ4v) is 3.09. The Morgan fingerprint density at radius 1 is 1.36 bits per heavy atom. The van der Waals surface area contributed by atoms with Gasteiger partial charge in [-0.15, -0.1) is 12.6 Å². The van der Waals surface area contributed by atoms with Gasteiger partial charge < -0.3 is 10.2 Å². The van der Waals surface area contributed by atoms with Crippen molar-refractivity contribution in [3.05, 3.63) is 51.4 Å². The average Bonchev–Trinajstić information content (AvgIpc) is 2.47. The van der Waals surface area contributed by atoms with Crippen molar-refractivity contribution in [2.45, 2.75) is 39.7 Å². The molecule has 0 aliphatic heterocycles. The van der Waals surface area contributed by atoms with Gasteiger partial charge in [-0.3, -0.25) is 0 Å². The highest BCUT2D eigenvalue weighted by atomic mass is 32.1. The molecule has 0 spiro atoms. The lowest BCUT2D eigenvalue weighted by molar-refractivity contribution is -0.132. The number of thiol groups is 1. The first-order valence-electron chi connectivity index (χ1n) is 7.39. The number of carboxylic acids is 1. The van der Waals surface area contributed by atoms with Crippen LogP contribution in [-0.2, 0) is 11.4 Å². The summed E-state index contributed by atoms with van der Waals surface area (Å²) < 4.78 is 0. The third kappa shape index (κ3) is 3.81. The second-order valence-electron chi connectivity index (χ2n) is 6.49. The number of aliphatic hydroxyl groups is 1. The highest BCUT2D eigenvalue weighted by molar-refractivity contribution is 7.84. The SMILES string of the molecule is CC1(C)CCC(S)=C(/C(=C/c2ccccc2CO)C(=O)O)C1.